The molecule has 1 aromatic heterocycles. The fourth-order valence-electron chi connectivity index (χ4n) is 2.51. The molecule has 1 aliphatic carbocycles. The van der Waals surface area contributed by atoms with Gasteiger partial charge in [-0.3, -0.25) is 4.98 Å². The Morgan fingerprint density at radius 2 is 1.70 bits per heavy atom. The molecule has 0 unspecified atom stereocenters. The minimum Gasteiger partial charge on any atom is -0.393 e. The van der Waals surface area contributed by atoms with Gasteiger partial charge in [0.15, 0.2) is 11.6 Å². The first-order valence-corrected chi connectivity index (χ1v) is 6.68. The van der Waals surface area contributed by atoms with E-state index in [1.54, 1.807) is 0 Å². The molecule has 1 aliphatic rings. The Hall–Kier alpha value is -1.82. The number of anilines is 1. The molecule has 1 fully saturated rings. The van der Waals surface area contributed by atoms with Crippen LogP contribution >= 0.6 is 0 Å². The maximum Gasteiger partial charge on any atom is 0.161 e. The minimum absolute atomic E-state index is 0.215. The third kappa shape index (κ3) is 2.70. The number of halogens is 2. The molecule has 3 rings (SSSR count). The summed E-state index contributed by atoms with van der Waals surface area (Å²) in [6.07, 6.45) is 4.55. The molecule has 1 saturated carbocycles. The molecule has 0 saturated heterocycles. The molecular formula is C14H15F2N3O. The summed E-state index contributed by atoms with van der Waals surface area (Å²) in [6, 6.07) is 2.32. The Bertz CT molecular complexity index is 627. The van der Waals surface area contributed by atoms with Crippen molar-refractivity contribution in [3.8, 4) is 0 Å². The number of hydrogen-bond acceptors (Lipinski definition) is 4. The van der Waals surface area contributed by atoms with Crippen LogP contribution in [-0.2, 0) is 0 Å². The van der Waals surface area contributed by atoms with E-state index in [1.807, 2.05) is 0 Å². The van der Waals surface area contributed by atoms with Crippen LogP contribution < -0.4 is 5.32 Å². The molecule has 0 amide bonds. The molecule has 2 N–H and O–H groups in total. The Labute approximate surface area is 114 Å². The van der Waals surface area contributed by atoms with E-state index in [0.29, 0.717) is 16.9 Å². The third-order valence-electron chi connectivity index (χ3n) is 3.63. The van der Waals surface area contributed by atoms with Crippen LogP contribution in [0.3, 0.4) is 0 Å². The summed E-state index contributed by atoms with van der Waals surface area (Å²) in [5, 5.41) is 12.7. The summed E-state index contributed by atoms with van der Waals surface area (Å²) >= 11 is 0. The normalized spacial score (nSPS) is 22.9. The Kier molecular flexibility index (Phi) is 3.48. The molecule has 1 heterocycles. The van der Waals surface area contributed by atoms with Crippen LogP contribution in [-0.4, -0.2) is 27.2 Å². The lowest BCUT2D eigenvalue weighted by atomic mass is 9.93. The lowest BCUT2D eigenvalue weighted by molar-refractivity contribution is 0.126. The Balaban J connectivity index is 1.80. The topological polar surface area (TPSA) is 58.0 Å². The molecular weight excluding hydrogens is 264 g/mol. The van der Waals surface area contributed by atoms with E-state index in [2.05, 4.69) is 15.3 Å². The summed E-state index contributed by atoms with van der Waals surface area (Å²) < 4.78 is 26.3. The third-order valence-corrected chi connectivity index (χ3v) is 3.63. The number of nitrogens with zero attached hydrogens (tertiary/aromatic N) is 2. The first-order chi connectivity index (χ1) is 9.61. The fraction of sp³-hybridized carbons (Fsp3) is 0.429. The fourth-order valence-corrected chi connectivity index (χ4v) is 2.51. The van der Waals surface area contributed by atoms with E-state index in [4.69, 9.17) is 0 Å². The Morgan fingerprint density at radius 3 is 2.40 bits per heavy atom. The number of hydrogen-bond donors (Lipinski definition) is 2. The van der Waals surface area contributed by atoms with E-state index >= 15 is 0 Å². The molecule has 4 nitrogen and oxygen atoms in total. The Morgan fingerprint density at radius 1 is 1.05 bits per heavy atom. The number of aliphatic hydroxyl groups excluding tert-OH is 1. The van der Waals surface area contributed by atoms with Crippen LogP contribution in [0.1, 0.15) is 25.7 Å². The molecule has 0 radical (unpaired) electrons. The van der Waals surface area contributed by atoms with Gasteiger partial charge in [0.2, 0.25) is 0 Å². The average molecular weight is 279 g/mol. The van der Waals surface area contributed by atoms with Crippen molar-refractivity contribution in [2.75, 3.05) is 5.32 Å². The number of fused-ring (bicyclic) bond motifs is 1. The van der Waals surface area contributed by atoms with E-state index in [-0.39, 0.29) is 12.1 Å². The molecule has 1 aromatic carbocycles. The van der Waals surface area contributed by atoms with Crippen molar-refractivity contribution in [1.29, 1.82) is 0 Å². The maximum atomic E-state index is 13.2. The summed E-state index contributed by atoms with van der Waals surface area (Å²) in [7, 11) is 0. The molecule has 0 spiro atoms. The highest BCUT2D eigenvalue weighted by Crippen LogP contribution is 2.22. The molecule has 0 bridgehead atoms. The highest BCUT2D eigenvalue weighted by Gasteiger charge is 2.19. The van der Waals surface area contributed by atoms with Crippen LogP contribution in [0.2, 0.25) is 0 Å². The summed E-state index contributed by atoms with van der Waals surface area (Å²) in [4.78, 5) is 8.33. The average Bonchev–Trinajstić information content (AvgIpc) is 2.43. The monoisotopic (exact) mass is 279 g/mol. The van der Waals surface area contributed by atoms with E-state index in [0.717, 1.165) is 37.8 Å². The van der Waals surface area contributed by atoms with Crippen LogP contribution in [0.15, 0.2) is 18.3 Å². The number of rotatable bonds is 2. The van der Waals surface area contributed by atoms with Crippen molar-refractivity contribution in [2.45, 2.75) is 37.8 Å². The lowest BCUT2D eigenvalue weighted by Crippen LogP contribution is -2.28. The van der Waals surface area contributed by atoms with E-state index < -0.39 is 11.6 Å². The van der Waals surface area contributed by atoms with Gasteiger partial charge in [0.1, 0.15) is 5.82 Å². The van der Waals surface area contributed by atoms with Gasteiger partial charge in [-0.15, -0.1) is 0 Å². The van der Waals surface area contributed by atoms with Gasteiger partial charge in [-0.25, -0.2) is 13.8 Å². The summed E-state index contributed by atoms with van der Waals surface area (Å²) in [6.45, 7) is 0. The second kappa shape index (κ2) is 5.28. The molecule has 0 aliphatic heterocycles. The zero-order chi connectivity index (χ0) is 14.1. The standard InChI is InChI=1S/C14H15F2N3O/c15-10-5-12-13(6-11(10)16)19-14(7-17-12)18-8-1-3-9(20)4-2-8/h5-9,20H,1-4H2,(H,18,19). The van der Waals surface area contributed by atoms with Crippen molar-refractivity contribution in [3.05, 3.63) is 30.0 Å². The SMILES string of the molecule is OC1CCC(Nc2cnc3cc(F)c(F)cc3n2)CC1. The summed E-state index contributed by atoms with van der Waals surface area (Å²) in [5.74, 6) is -1.30. The van der Waals surface area contributed by atoms with Gasteiger partial charge in [0.05, 0.1) is 23.3 Å². The maximum absolute atomic E-state index is 13.2. The highest BCUT2D eigenvalue weighted by molar-refractivity contribution is 5.75. The predicted molar refractivity (Wildman–Crippen MR) is 71.3 cm³/mol. The van der Waals surface area contributed by atoms with Crippen molar-refractivity contribution in [1.82, 2.24) is 9.97 Å². The molecule has 106 valence electrons. The number of aliphatic hydroxyl groups is 1. The van der Waals surface area contributed by atoms with Crippen molar-refractivity contribution in [3.63, 3.8) is 0 Å². The zero-order valence-corrected chi connectivity index (χ0v) is 10.8. The van der Waals surface area contributed by atoms with Gasteiger partial charge in [-0.05, 0) is 25.7 Å². The van der Waals surface area contributed by atoms with Crippen LogP contribution in [0.4, 0.5) is 14.6 Å². The van der Waals surface area contributed by atoms with Crippen LogP contribution in [0, 0.1) is 11.6 Å². The van der Waals surface area contributed by atoms with Gasteiger partial charge in [-0.2, -0.15) is 0 Å². The first-order valence-electron chi connectivity index (χ1n) is 6.68. The number of nitrogens with one attached hydrogen (secondary N) is 1. The smallest absolute Gasteiger partial charge is 0.161 e. The zero-order valence-electron chi connectivity index (χ0n) is 10.8. The number of benzene rings is 1. The quantitative estimate of drug-likeness (QED) is 0.887. The summed E-state index contributed by atoms with van der Waals surface area (Å²) in [5.41, 5.74) is 0.651. The second-order valence-electron chi connectivity index (χ2n) is 5.16. The molecule has 20 heavy (non-hydrogen) atoms. The molecule has 0 atom stereocenters. The van der Waals surface area contributed by atoms with Crippen molar-refractivity contribution in [2.24, 2.45) is 0 Å². The van der Waals surface area contributed by atoms with Gasteiger partial charge >= 0.3 is 0 Å². The van der Waals surface area contributed by atoms with Crippen LogP contribution in [0.25, 0.3) is 11.0 Å². The van der Waals surface area contributed by atoms with Gasteiger partial charge < -0.3 is 10.4 Å². The van der Waals surface area contributed by atoms with Crippen molar-refractivity contribution < 1.29 is 13.9 Å². The van der Waals surface area contributed by atoms with Gasteiger partial charge in [-0.1, -0.05) is 0 Å². The lowest BCUT2D eigenvalue weighted by Gasteiger charge is -2.26. The predicted octanol–water partition coefficient (Wildman–Crippen LogP) is 2.62. The van der Waals surface area contributed by atoms with Gasteiger partial charge in [0.25, 0.3) is 0 Å². The number of aromatic nitrogens is 2. The largest absolute Gasteiger partial charge is 0.393 e. The van der Waals surface area contributed by atoms with Crippen LogP contribution in [0.5, 0.6) is 0 Å². The molecule has 6 heteroatoms. The van der Waals surface area contributed by atoms with E-state index in [9.17, 15) is 13.9 Å². The second-order valence-corrected chi connectivity index (χ2v) is 5.16. The first kappa shape index (κ1) is 13.2. The minimum atomic E-state index is -0.926. The highest BCUT2D eigenvalue weighted by atomic mass is 19.2. The molecule has 2 aromatic rings. The van der Waals surface area contributed by atoms with Gasteiger partial charge in [0, 0.05) is 18.2 Å². The van der Waals surface area contributed by atoms with Crippen molar-refractivity contribution >= 4 is 16.9 Å². The van der Waals surface area contributed by atoms with E-state index in [1.165, 1.54) is 6.20 Å².